The molecular weight excluding hydrogens is 254 g/mol. The Morgan fingerprint density at radius 1 is 1.20 bits per heavy atom. The van der Waals surface area contributed by atoms with E-state index in [1.54, 1.807) is 16.9 Å². The van der Waals surface area contributed by atoms with Crippen LogP contribution in [0.15, 0.2) is 30.7 Å². The van der Waals surface area contributed by atoms with Crippen molar-refractivity contribution in [2.45, 2.75) is 25.3 Å². The smallest absolute Gasteiger partial charge is 0.176 e. The largest absolute Gasteiger partial charge is 0.363 e. The lowest BCUT2D eigenvalue weighted by molar-refractivity contribution is 0.743. The highest BCUT2D eigenvalue weighted by Crippen LogP contribution is 2.38. The van der Waals surface area contributed by atoms with E-state index in [1.165, 1.54) is 19.2 Å². The van der Waals surface area contributed by atoms with E-state index in [2.05, 4.69) is 30.5 Å². The number of nitrogens with zero attached hydrogens (tertiary/aromatic N) is 6. The first-order valence-corrected chi connectivity index (χ1v) is 6.61. The Labute approximate surface area is 115 Å². The van der Waals surface area contributed by atoms with Crippen molar-refractivity contribution in [3.8, 4) is 0 Å². The normalized spacial score (nSPS) is 14.6. The standard InChI is InChI=1S/C13H13N7/c1-2-9(1)10-3-4-13-17-12(19-20(13)18-10)7-15-11-5-6-14-8-16-11/h3-6,8-9H,1-2,7H2,(H,14,15,16). The van der Waals surface area contributed by atoms with E-state index in [-0.39, 0.29) is 0 Å². The van der Waals surface area contributed by atoms with Gasteiger partial charge in [0, 0.05) is 12.1 Å². The van der Waals surface area contributed by atoms with Gasteiger partial charge in [-0.25, -0.2) is 15.0 Å². The highest BCUT2D eigenvalue weighted by molar-refractivity contribution is 5.38. The molecule has 0 spiro atoms. The summed E-state index contributed by atoms with van der Waals surface area (Å²) in [4.78, 5) is 12.4. The lowest BCUT2D eigenvalue weighted by atomic mass is 10.3. The van der Waals surface area contributed by atoms with E-state index >= 15 is 0 Å². The number of fused-ring (bicyclic) bond motifs is 1. The van der Waals surface area contributed by atoms with Crippen LogP contribution in [0.25, 0.3) is 5.65 Å². The lowest BCUT2D eigenvalue weighted by Crippen LogP contribution is -2.03. The van der Waals surface area contributed by atoms with Gasteiger partial charge in [0.2, 0.25) is 0 Å². The van der Waals surface area contributed by atoms with Crippen molar-refractivity contribution < 1.29 is 0 Å². The molecule has 3 aromatic rings. The molecule has 100 valence electrons. The Morgan fingerprint density at radius 2 is 2.15 bits per heavy atom. The highest BCUT2D eigenvalue weighted by Gasteiger charge is 2.25. The van der Waals surface area contributed by atoms with E-state index in [0.717, 1.165) is 17.2 Å². The second-order valence-electron chi connectivity index (χ2n) is 4.86. The van der Waals surface area contributed by atoms with E-state index in [4.69, 9.17) is 0 Å². The zero-order chi connectivity index (χ0) is 13.4. The van der Waals surface area contributed by atoms with Crippen molar-refractivity contribution in [1.82, 2.24) is 29.8 Å². The molecule has 20 heavy (non-hydrogen) atoms. The summed E-state index contributed by atoms with van der Waals surface area (Å²) in [6.07, 6.45) is 5.66. The Kier molecular flexibility index (Phi) is 2.55. The average Bonchev–Trinajstić information content (AvgIpc) is 3.26. The van der Waals surface area contributed by atoms with Gasteiger partial charge in [-0.3, -0.25) is 0 Å². The molecule has 1 fully saturated rings. The molecule has 0 atom stereocenters. The number of anilines is 1. The quantitative estimate of drug-likeness (QED) is 0.769. The van der Waals surface area contributed by atoms with Crippen LogP contribution in [0.1, 0.15) is 30.3 Å². The second-order valence-corrected chi connectivity index (χ2v) is 4.86. The van der Waals surface area contributed by atoms with Crippen molar-refractivity contribution in [2.75, 3.05) is 5.32 Å². The highest BCUT2D eigenvalue weighted by atomic mass is 15.5. The van der Waals surface area contributed by atoms with Crippen LogP contribution in [0, 0.1) is 0 Å². The first-order chi connectivity index (χ1) is 9.88. The Balaban J connectivity index is 1.54. The summed E-state index contributed by atoms with van der Waals surface area (Å²) in [5, 5.41) is 12.0. The number of aromatic nitrogens is 6. The Morgan fingerprint density at radius 3 is 2.95 bits per heavy atom. The number of nitrogens with one attached hydrogen (secondary N) is 1. The summed E-state index contributed by atoms with van der Waals surface area (Å²) in [6, 6.07) is 5.82. The number of hydrogen-bond donors (Lipinski definition) is 1. The molecule has 1 N–H and O–H groups in total. The van der Waals surface area contributed by atoms with Gasteiger partial charge in [-0.15, -0.1) is 9.73 Å². The van der Waals surface area contributed by atoms with Crippen molar-refractivity contribution in [2.24, 2.45) is 0 Å². The van der Waals surface area contributed by atoms with Crippen LogP contribution in [0.2, 0.25) is 0 Å². The molecule has 0 amide bonds. The third-order valence-corrected chi connectivity index (χ3v) is 3.28. The molecule has 1 aliphatic rings. The van der Waals surface area contributed by atoms with Gasteiger partial charge in [0.05, 0.1) is 12.2 Å². The summed E-state index contributed by atoms with van der Waals surface area (Å²) >= 11 is 0. The maximum Gasteiger partial charge on any atom is 0.176 e. The lowest BCUT2D eigenvalue weighted by Gasteiger charge is -2.00. The van der Waals surface area contributed by atoms with E-state index in [1.807, 2.05) is 12.1 Å². The SMILES string of the molecule is c1cc(NCc2nc3ccc(C4CC4)nn3n2)ncn1. The molecule has 0 aromatic carbocycles. The molecule has 1 aliphatic carbocycles. The van der Waals surface area contributed by atoms with Gasteiger partial charge in [-0.1, -0.05) is 0 Å². The fourth-order valence-electron chi connectivity index (χ4n) is 2.08. The predicted octanol–water partition coefficient (Wildman–Crippen LogP) is 1.40. The van der Waals surface area contributed by atoms with Crippen molar-refractivity contribution in [3.05, 3.63) is 42.2 Å². The average molecular weight is 267 g/mol. The van der Waals surface area contributed by atoms with E-state index < -0.39 is 0 Å². The van der Waals surface area contributed by atoms with Crippen LogP contribution in [0.4, 0.5) is 5.82 Å². The van der Waals surface area contributed by atoms with Gasteiger partial charge in [0.25, 0.3) is 0 Å². The molecule has 0 unspecified atom stereocenters. The molecule has 0 saturated heterocycles. The van der Waals surface area contributed by atoms with Crippen LogP contribution in [0.3, 0.4) is 0 Å². The summed E-state index contributed by atoms with van der Waals surface area (Å²) in [6.45, 7) is 0.513. The number of hydrogen-bond acceptors (Lipinski definition) is 6. The van der Waals surface area contributed by atoms with Crippen molar-refractivity contribution in [3.63, 3.8) is 0 Å². The third-order valence-electron chi connectivity index (χ3n) is 3.28. The fourth-order valence-corrected chi connectivity index (χ4v) is 2.08. The topological polar surface area (TPSA) is 80.9 Å². The van der Waals surface area contributed by atoms with Gasteiger partial charge in [-0.05, 0) is 31.0 Å². The summed E-state index contributed by atoms with van der Waals surface area (Å²) in [5.74, 6) is 2.07. The maximum absolute atomic E-state index is 4.50. The first kappa shape index (κ1) is 11.3. The minimum Gasteiger partial charge on any atom is -0.363 e. The first-order valence-electron chi connectivity index (χ1n) is 6.61. The van der Waals surface area contributed by atoms with Crippen molar-refractivity contribution >= 4 is 11.5 Å². The monoisotopic (exact) mass is 267 g/mol. The molecule has 7 heteroatoms. The molecular formula is C13H13N7. The Bertz CT molecular complexity index is 733. The molecule has 1 saturated carbocycles. The number of rotatable bonds is 4. The second kappa shape index (κ2) is 4.52. The minimum atomic E-state index is 0.513. The molecule has 0 aliphatic heterocycles. The van der Waals surface area contributed by atoms with E-state index in [9.17, 15) is 0 Å². The molecule has 3 aromatic heterocycles. The zero-order valence-electron chi connectivity index (χ0n) is 10.8. The van der Waals surface area contributed by atoms with Crippen LogP contribution < -0.4 is 5.32 Å². The zero-order valence-corrected chi connectivity index (χ0v) is 10.8. The van der Waals surface area contributed by atoms with Crippen LogP contribution in [-0.4, -0.2) is 29.8 Å². The maximum atomic E-state index is 4.50. The van der Waals surface area contributed by atoms with Gasteiger partial charge >= 0.3 is 0 Å². The van der Waals surface area contributed by atoms with Gasteiger partial charge in [0.15, 0.2) is 11.5 Å². The summed E-state index contributed by atoms with van der Waals surface area (Å²) in [5.41, 5.74) is 1.88. The molecule has 3 heterocycles. The third kappa shape index (κ3) is 2.18. The van der Waals surface area contributed by atoms with Crippen LogP contribution >= 0.6 is 0 Å². The summed E-state index contributed by atoms with van der Waals surface area (Å²) in [7, 11) is 0. The minimum absolute atomic E-state index is 0.513. The van der Waals surface area contributed by atoms with Gasteiger partial charge < -0.3 is 5.32 Å². The molecule has 0 radical (unpaired) electrons. The summed E-state index contributed by atoms with van der Waals surface area (Å²) < 4.78 is 1.62. The van der Waals surface area contributed by atoms with Gasteiger partial charge in [-0.2, -0.15) is 5.10 Å². The van der Waals surface area contributed by atoms with Crippen molar-refractivity contribution in [1.29, 1.82) is 0 Å². The predicted molar refractivity (Wildman–Crippen MR) is 72.1 cm³/mol. The van der Waals surface area contributed by atoms with Crippen LogP contribution in [-0.2, 0) is 6.54 Å². The van der Waals surface area contributed by atoms with E-state index in [0.29, 0.717) is 18.3 Å². The molecule has 4 rings (SSSR count). The van der Waals surface area contributed by atoms with Gasteiger partial charge in [0.1, 0.15) is 12.1 Å². The fraction of sp³-hybridized carbons (Fsp3) is 0.308. The molecule has 7 nitrogen and oxygen atoms in total. The van der Waals surface area contributed by atoms with Crippen LogP contribution in [0.5, 0.6) is 0 Å². The molecule has 0 bridgehead atoms. The Hall–Kier alpha value is -2.57.